The molecule has 0 amide bonds. The highest BCUT2D eigenvalue weighted by Crippen LogP contribution is 2.21. The van der Waals surface area contributed by atoms with E-state index in [4.69, 9.17) is 5.11 Å². The third-order valence-electron chi connectivity index (χ3n) is 2.73. The van der Waals surface area contributed by atoms with Gasteiger partial charge in [-0.2, -0.15) is 0 Å². The van der Waals surface area contributed by atoms with Crippen molar-refractivity contribution < 1.29 is 13.9 Å². The van der Waals surface area contributed by atoms with Gasteiger partial charge in [-0.3, -0.25) is 0 Å². The van der Waals surface area contributed by atoms with Gasteiger partial charge in [0.15, 0.2) is 17.4 Å². The van der Waals surface area contributed by atoms with E-state index >= 15 is 0 Å². The summed E-state index contributed by atoms with van der Waals surface area (Å²) in [6.07, 6.45) is 1.75. The second-order valence-corrected chi connectivity index (χ2v) is 5.24. The first-order valence-corrected chi connectivity index (χ1v) is 6.73. The third-order valence-corrected chi connectivity index (χ3v) is 3.74. The molecule has 0 spiro atoms. The van der Waals surface area contributed by atoms with Crippen LogP contribution in [0.3, 0.4) is 0 Å². The van der Waals surface area contributed by atoms with Crippen molar-refractivity contribution in [2.45, 2.75) is 19.4 Å². The highest BCUT2D eigenvalue weighted by Gasteiger charge is 2.10. The van der Waals surface area contributed by atoms with Crippen LogP contribution in [0.5, 0.6) is 5.75 Å². The molecule has 1 atom stereocenters. The van der Waals surface area contributed by atoms with Crippen LogP contribution in [-0.4, -0.2) is 16.6 Å². The fraction of sp³-hybridized carbons (Fsp3) is 0.308. The molecule has 0 radical (unpaired) electrons. The van der Waals surface area contributed by atoms with Crippen LogP contribution in [-0.2, 0) is 6.54 Å². The van der Waals surface area contributed by atoms with Gasteiger partial charge in [0.25, 0.3) is 0 Å². The molecule has 0 bridgehead atoms. The minimum absolute atomic E-state index is 0.242. The van der Waals surface area contributed by atoms with Crippen LogP contribution < -0.4 is 5.32 Å². The Hall–Kier alpha value is -1.53. The van der Waals surface area contributed by atoms with Gasteiger partial charge < -0.3 is 10.4 Å². The number of nitrogens with one attached hydrogen (secondary N) is 1. The Labute approximate surface area is 113 Å². The van der Waals surface area contributed by atoms with Crippen molar-refractivity contribution in [1.82, 2.24) is 10.3 Å². The van der Waals surface area contributed by atoms with Gasteiger partial charge in [-0.1, -0.05) is 6.92 Å². The van der Waals surface area contributed by atoms with Crippen molar-refractivity contribution in [3.05, 3.63) is 45.9 Å². The van der Waals surface area contributed by atoms with Crippen LogP contribution in [0.2, 0.25) is 0 Å². The molecule has 0 fully saturated rings. The lowest BCUT2D eigenvalue weighted by molar-refractivity contribution is 0.395. The predicted octanol–water partition coefficient (Wildman–Crippen LogP) is 3.02. The first kappa shape index (κ1) is 13.9. The van der Waals surface area contributed by atoms with Gasteiger partial charge >= 0.3 is 0 Å². The summed E-state index contributed by atoms with van der Waals surface area (Å²) < 4.78 is 26.2. The van der Waals surface area contributed by atoms with Crippen molar-refractivity contribution >= 4 is 11.3 Å². The molecule has 19 heavy (non-hydrogen) atoms. The van der Waals surface area contributed by atoms with Gasteiger partial charge in [-0.25, -0.2) is 13.8 Å². The number of phenolic OH excluding ortho intramolecular Hbond substituents is 1. The lowest BCUT2D eigenvalue weighted by atomic mass is 10.1. The summed E-state index contributed by atoms with van der Waals surface area (Å²) in [6, 6.07) is 2.25. The normalized spacial score (nSPS) is 12.6. The number of thiazole rings is 1. The highest BCUT2D eigenvalue weighted by molar-refractivity contribution is 7.09. The Bertz CT molecular complexity index is 523. The summed E-state index contributed by atoms with van der Waals surface area (Å²) in [5.74, 6) is -2.57. The van der Waals surface area contributed by atoms with Crippen molar-refractivity contribution in [3.8, 4) is 5.75 Å². The highest BCUT2D eigenvalue weighted by atomic mass is 32.1. The topological polar surface area (TPSA) is 45.1 Å². The molecule has 0 saturated heterocycles. The van der Waals surface area contributed by atoms with Gasteiger partial charge in [-0.05, 0) is 17.7 Å². The molecule has 1 unspecified atom stereocenters. The Morgan fingerprint density at radius 3 is 2.63 bits per heavy atom. The summed E-state index contributed by atoms with van der Waals surface area (Å²) in [5.41, 5.74) is 0.458. The smallest absolute Gasteiger partial charge is 0.187 e. The monoisotopic (exact) mass is 284 g/mol. The maximum atomic E-state index is 13.1. The fourth-order valence-electron chi connectivity index (χ4n) is 1.72. The summed E-state index contributed by atoms with van der Waals surface area (Å²) in [4.78, 5) is 4.21. The molecule has 0 saturated carbocycles. The molecule has 0 aliphatic carbocycles. The molecule has 0 aliphatic rings. The van der Waals surface area contributed by atoms with Gasteiger partial charge in [0.2, 0.25) is 0 Å². The number of nitrogens with zero attached hydrogens (tertiary/aromatic N) is 1. The molecule has 6 heteroatoms. The van der Waals surface area contributed by atoms with Gasteiger partial charge in [0, 0.05) is 30.6 Å². The standard InChI is InChI=1S/C13H14F2N2OS/c1-8(13-17-2-3-19-13)6-16-7-9-4-10(14)12(18)11(15)5-9/h2-5,8,16,18H,6-7H2,1H3. The van der Waals surface area contributed by atoms with Crippen LogP contribution in [0, 0.1) is 11.6 Å². The molecule has 1 aromatic carbocycles. The number of benzene rings is 1. The summed E-state index contributed by atoms with van der Waals surface area (Å²) >= 11 is 1.58. The molecule has 0 aliphatic heterocycles. The molecule has 102 valence electrons. The summed E-state index contributed by atoms with van der Waals surface area (Å²) in [6.45, 7) is 3.03. The molecule has 2 rings (SSSR count). The molecule has 1 heterocycles. The van der Waals surface area contributed by atoms with Crippen LogP contribution in [0.15, 0.2) is 23.7 Å². The molecule has 2 aromatic rings. The van der Waals surface area contributed by atoms with Gasteiger partial charge in [0.1, 0.15) is 0 Å². The maximum absolute atomic E-state index is 13.1. The van der Waals surface area contributed by atoms with E-state index in [1.165, 1.54) is 0 Å². The van der Waals surface area contributed by atoms with E-state index in [2.05, 4.69) is 10.3 Å². The molecular formula is C13H14F2N2OS. The first-order valence-electron chi connectivity index (χ1n) is 5.85. The number of hydrogen-bond acceptors (Lipinski definition) is 4. The summed E-state index contributed by atoms with van der Waals surface area (Å²) in [7, 11) is 0. The van der Waals surface area contributed by atoms with E-state index in [-0.39, 0.29) is 5.92 Å². The van der Waals surface area contributed by atoms with Gasteiger partial charge in [0.05, 0.1) is 5.01 Å². The minimum Gasteiger partial charge on any atom is -0.503 e. The Balaban J connectivity index is 1.89. The number of rotatable bonds is 5. The van der Waals surface area contributed by atoms with Gasteiger partial charge in [-0.15, -0.1) is 11.3 Å². The molecule has 1 aromatic heterocycles. The van der Waals surface area contributed by atoms with E-state index in [9.17, 15) is 8.78 Å². The second-order valence-electron chi connectivity index (χ2n) is 4.31. The average Bonchev–Trinajstić information content (AvgIpc) is 2.89. The molecule has 3 nitrogen and oxygen atoms in total. The quantitative estimate of drug-likeness (QED) is 0.887. The van der Waals surface area contributed by atoms with Crippen LogP contribution in [0.25, 0.3) is 0 Å². The second kappa shape index (κ2) is 6.08. The maximum Gasteiger partial charge on any atom is 0.187 e. The zero-order valence-corrected chi connectivity index (χ0v) is 11.2. The Morgan fingerprint density at radius 2 is 2.05 bits per heavy atom. The van der Waals surface area contributed by atoms with E-state index in [0.29, 0.717) is 18.7 Å². The summed E-state index contributed by atoms with van der Waals surface area (Å²) in [5, 5.41) is 15.0. The number of hydrogen-bond donors (Lipinski definition) is 2. The van der Waals surface area contributed by atoms with E-state index in [0.717, 1.165) is 17.1 Å². The zero-order chi connectivity index (χ0) is 13.8. The zero-order valence-electron chi connectivity index (χ0n) is 10.4. The average molecular weight is 284 g/mol. The predicted molar refractivity (Wildman–Crippen MR) is 70.3 cm³/mol. The lowest BCUT2D eigenvalue weighted by Crippen LogP contribution is -2.19. The van der Waals surface area contributed by atoms with Crippen molar-refractivity contribution in [1.29, 1.82) is 0 Å². The fourth-order valence-corrected chi connectivity index (χ4v) is 2.42. The number of phenols is 1. The Morgan fingerprint density at radius 1 is 1.37 bits per heavy atom. The number of halogens is 2. The number of aromatic hydroxyl groups is 1. The minimum atomic E-state index is -0.940. The van der Waals surface area contributed by atoms with Crippen LogP contribution >= 0.6 is 11.3 Å². The van der Waals surface area contributed by atoms with Crippen molar-refractivity contribution in [2.24, 2.45) is 0 Å². The van der Waals surface area contributed by atoms with E-state index < -0.39 is 17.4 Å². The van der Waals surface area contributed by atoms with E-state index in [1.54, 1.807) is 17.5 Å². The van der Waals surface area contributed by atoms with Crippen molar-refractivity contribution in [2.75, 3.05) is 6.54 Å². The first-order chi connectivity index (χ1) is 9.08. The SMILES string of the molecule is CC(CNCc1cc(F)c(O)c(F)c1)c1nccs1. The lowest BCUT2D eigenvalue weighted by Gasteiger charge is -2.10. The van der Waals surface area contributed by atoms with Crippen molar-refractivity contribution in [3.63, 3.8) is 0 Å². The molecular weight excluding hydrogens is 270 g/mol. The van der Waals surface area contributed by atoms with E-state index in [1.807, 2.05) is 12.3 Å². The number of aromatic nitrogens is 1. The third kappa shape index (κ3) is 3.48. The van der Waals surface area contributed by atoms with Crippen LogP contribution in [0.1, 0.15) is 23.4 Å². The van der Waals surface area contributed by atoms with Crippen LogP contribution in [0.4, 0.5) is 8.78 Å². The largest absolute Gasteiger partial charge is 0.503 e. The Kier molecular flexibility index (Phi) is 4.44. The molecule has 2 N–H and O–H groups in total.